The molecule has 0 spiro atoms. The van der Waals surface area contributed by atoms with Gasteiger partial charge in [-0.05, 0) is 81.0 Å². The SMILES string of the molecule is CCOC(=O)COc1cc(C)c(Cc2ccc(N)c(C3CCCCC3)n2)c(C)c1C. The summed E-state index contributed by atoms with van der Waals surface area (Å²) in [6.07, 6.45) is 6.98. The summed E-state index contributed by atoms with van der Waals surface area (Å²) in [6, 6.07) is 6.07. The van der Waals surface area contributed by atoms with Gasteiger partial charge in [0.15, 0.2) is 6.61 Å². The molecule has 0 aliphatic heterocycles. The summed E-state index contributed by atoms with van der Waals surface area (Å²) in [4.78, 5) is 16.6. The molecule has 5 nitrogen and oxygen atoms in total. The molecule has 0 bridgehead atoms. The highest BCUT2D eigenvalue weighted by Gasteiger charge is 2.20. The van der Waals surface area contributed by atoms with E-state index in [4.69, 9.17) is 20.2 Å². The van der Waals surface area contributed by atoms with E-state index in [9.17, 15) is 4.79 Å². The maximum absolute atomic E-state index is 11.6. The van der Waals surface area contributed by atoms with Gasteiger partial charge in [-0.15, -0.1) is 0 Å². The molecule has 3 rings (SSSR count). The van der Waals surface area contributed by atoms with E-state index in [2.05, 4.69) is 13.8 Å². The molecular formula is C25H34N2O3. The summed E-state index contributed by atoms with van der Waals surface area (Å²) >= 11 is 0. The lowest BCUT2D eigenvalue weighted by atomic mass is 9.86. The van der Waals surface area contributed by atoms with Crippen molar-refractivity contribution in [1.82, 2.24) is 4.98 Å². The van der Waals surface area contributed by atoms with Crippen molar-refractivity contribution in [2.75, 3.05) is 18.9 Å². The molecule has 2 N–H and O–H groups in total. The van der Waals surface area contributed by atoms with E-state index >= 15 is 0 Å². The van der Waals surface area contributed by atoms with Crippen molar-refractivity contribution < 1.29 is 14.3 Å². The van der Waals surface area contributed by atoms with Gasteiger partial charge in [-0.25, -0.2) is 4.79 Å². The van der Waals surface area contributed by atoms with E-state index in [1.54, 1.807) is 6.92 Å². The number of pyridine rings is 1. The third kappa shape index (κ3) is 5.13. The van der Waals surface area contributed by atoms with Gasteiger partial charge in [0.2, 0.25) is 0 Å². The van der Waals surface area contributed by atoms with Crippen LogP contribution >= 0.6 is 0 Å². The van der Waals surface area contributed by atoms with E-state index in [0.717, 1.165) is 40.4 Å². The fourth-order valence-corrected chi connectivity index (χ4v) is 4.37. The Bertz CT molecular complexity index is 902. The molecule has 162 valence electrons. The number of nitrogens with zero attached hydrogens (tertiary/aromatic N) is 1. The number of carbonyl (C=O) groups excluding carboxylic acids is 1. The number of hydrogen-bond acceptors (Lipinski definition) is 5. The quantitative estimate of drug-likeness (QED) is 0.638. The van der Waals surface area contributed by atoms with Gasteiger partial charge >= 0.3 is 5.97 Å². The Morgan fingerprint density at radius 1 is 1.13 bits per heavy atom. The molecule has 1 heterocycles. The second kappa shape index (κ2) is 9.96. The van der Waals surface area contributed by atoms with Gasteiger partial charge in [0.1, 0.15) is 5.75 Å². The van der Waals surface area contributed by atoms with E-state index in [-0.39, 0.29) is 12.6 Å². The monoisotopic (exact) mass is 410 g/mol. The van der Waals surface area contributed by atoms with Crippen LogP contribution in [0.5, 0.6) is 5.75 Å². The minimum atomic E-state index is -0.349. The Morgan fingerprint density at radius 3 is 2.57 bits per heavy atom. The van der Waals surface area contributed by atoms with Crippen LogP contribution in [0.4, 0.5) is 5.69 Å². The molecular weight excluding hydrogens is 376 g/mol. The molecule has 0 saturated heterocycles. The van der Waals surface area contributed by atoms with Crippen molar-refractivity contribution in [2.45, 2.75) is 72.1 Å². The zero-order chi connectivity index (χ0) is 21.7. The maximum atomic E-state index is 11.6. The Balaban J connectivity index is 1.81. The minimum absolute atomic E-state index is 0.0722. The van der Waals surface area contributed by atoms with Crippen LogP contribution in [0.2, 0.25) is 0 Å². The van der Waals surface area contributed by atoms with E-state index in [1.165, 1.54) is 43.2 Å². The number of esters is 1. The Kier molecular flexibility index (Phi) is 7.35. The molecule has 1 saturated carbocycles. The summed E-state index contributed by atoms with van der Waals surface area (Å²) in [5.74, 6) is 0.869. The van der Waals surface area contributed by atoms with Crippen LogP contribution in [-0.2, 0) is 16.0 Å². The molecule has 5 heteroatoms. The van der Waals surface area contributed by atoms with Crippen LogP contribution in [0.3, 0.4) is 0 Å². The molecule has 0 unspecified atom stereocenters. The summed E-state index contributed by atoms with van der Waals surface area (Å²) < 4.78 is 10.7. The van der Waals surface area contributed by atoms with Crippen LogP contribution in [-0.4, -0.2) is 24.2 Å². The topological polar surface area (TPSA) is 74.4 Å². The molecule has 1 aromatic heterocycles. The summed E-state index contributed by atoms with van der Waals surface area (Å²) in [5, 5.41) is 0. The predicted octanol–water partition coefficient (Wildman–Crippen LogP) is 5.17. The average Bonchev–Trinajstić information content (AvgIpc) is 2.74. The number of benzene rings is 1. The second-order valence-corrected chi connectivity index (χ2v) is 8.30. The Labute approximate surface area is 180 Å². The third-order valence-electron chi connectivity index (χ3n) is 6.22. The summed E-state index contributed by atoms with van der Waals surface area (Å²) in [5.41, 5.74) is 13.8. The fraction of sp³-hybridized carbons (Fsp3) is 0.520. The standard InChI is InChI=1S/C25H34N2O3/c1-5-29-24(28)15-30-23-13-16(2)21(17(3)18(23)4)14-20-11-12-22(26)25(27-20)19-9-7-6-8-10-19/h11-13,19H,5-10,14-15,26H2,1-4H3. The number of nitrogens with two attached hydrogens (primary N) is 1. The molecule has 0 amide bonds. The first-order valence-corrected chi connectivity index (χ1v) is 11.0. The highest BCUT2D eigenvalue weighted by Crippen LogP contribution is 2.35. The van der Waals surface area contributed by atoms with Gasteiger partial charge in [-0.3, -0.25) is 4.98 Å². The van der Waals surface area contributed by atoms with Crippen molar-refractivity contribution in [1.29, 1.82) is 0 Å². The molecule has 0 radical (unpaired) electrons. The number of nitrogen functional groups attached to an aromatic ring is 1. The Hall–Kier alpha value is -2.56. The minimum Gasteiger partial charge on any atom is -0.482 e. The molecule has 30 heavy (non-hydrogen) atoms. The van der Waals surface area contributed by atoms with Gasteiger partial charge in [-0.1, -0.05) is 19.3 Å². The average molecular weight is 411 g/mol. The van der Waals surface area contributed by atoms with Gasteiger partial charge < -0.3 is 15.2 Å². The van der Waals surface area contributed by atoms with E-state index in [1.807, 2.05) is 25.1 Å². The molecule has 1 aliphatic carbocycles. The van der Waals surface area contributed by atoms with Crippen LogP contribution in [0, 0.1) is 20.8 Å². The predicted molar refractivity (Wildman–Crippen MR) is 120 cm³/mol. The first-order valence-electron chi connectivity index (χ1n) is 11.0. The van der Waals surface area contributed by atoms with Crippen molar-refractivity contribution >= 4 is 11.7 Å². The lowest BCUT2D eigenvalue weighted by Crippen LogP contribution is -2.15. The number of rotatable bonds is 7. The number of aryl methyl sites for hydroxylation is 1. The fourth-order valence-electron chi connectivity index (χ4n) is 4.37. The summed E-state index contributed by atoms with van der Waals surface area (Å²) in [6.45, 7) is 8.29. The molecule has 1 aromatic carbocycles. The second-order valence-electron chi connectivity index (χ2n) is 8.30. The summed E-state index contributed by atoms with van der Waals surface area (Å²) in [7, 11) is 0. The highest BCUT2D eigenvalue weighted by molar-refractivity contribution is 5.71. The van der Waals surface area contributed by atoms with Gasteiger partial charge in [0.25, 0.3) is 0 Å². The van der Waals surface area contributed by atoms with Crippen LogP contribution < -0.4 is 10.5 Å². The maximum Gasteiger partial charge on any atom is 0.344 e. The number of anilines is 1. The van der Waals surface area contributed by atoms with Gasteiger partial charge in [0.05, 0.1) is 18.0 Å². The number of carbonyl (C=O) groups is 1. The third-order valence-corrected chi connectivity index (χ3v) is 6.22. The Morgan fingerprint density at radius 2 is 1.87 bits per heavy atom. The zero-order valence-corrected chi connectivity index (χ0v) is 18.7. The van der Waals surface area contributed by atoms with Crippen molar-refractivity contribution in [3.63, 3.8) is 0 Å². The first kappa shape index (κ1) is 22.1. The van der Waals surface area contributed by atoms with Crippen molar-refractivity contribution in [2.24, 2.45) is 0 Å². The molecule has 1 aliphatic rings. The smallest absolute Gasteiger partial charge is 0.344 e. The van der Waals surface area contributed by atoms with Crippen LogP contribution in [0.1, 0.15) is 78.6 Å². The normalized spacial score (nSPS) is 14.5. The number of aromatic nitrogens is 1. The largest absolute Gasteiger partial charge is 0.482 e. The number of ether oxygens (including phenoxy) is 2. The first-order chi connectivity index (χ1) is 14.4. The van der Waals surface area contributed by atoms with Crippen LogP contribution in [0.15, 0.2) is 18.2 Å². The molecule has 2 aromatic rings. The molecule has 1 fully saturated rings. The highest BCUT2D eigenvalue weighted by atomic mass is 16.6. The van der Waals surface area contributed by atoms with Crippen LogP contribution in [0.25, 0.3) is 0 Å². The molecule has 0 atom stereocenters. The number of hydrogen-bond donors (Lipinski definition) is 1. The lowest BCUT2D eigenvalue weighted by Gasteiger charge is -2.23. The van der Waals surface area contributed by atoms with E-state index < -0.39 is 0 Å². The lowest BCUT2D eigenvalue weighted by molar-refractivity contribution is -0.145. The van der Waals surface area contributed by atoms with Crippen molar-refractivity contribution in [3.8, 4) is 5.75 Å². The van der Waals surface area contributed by atoms with Gasteiger partial charge in [-0.2, -0.15) is 0 Å². The van der Waals surface area contributed by atoms with E-state index in [0.29, 0.717) is 12.5 Å². The van der Waals surface area contributed by atoms with Gasteiger partial charge in [0, 0.05) is 18.0 Å². The van der Waals surface area contributed by atoms with Crippen molar-refractivity contribution in [3.05, 3.63) is 51.8 Å². The zero-order valence-electron chi connectivity index (χ0n) is 18.7.